The lowest BCUT2D eigenvalue weighted by molar-refractivity contribution is 0.0987. The molecule has 1 amide bonds. The van der Waals surface area contributed by atoms with Crippen LogP contribution in [0.25, 0.3) is 11.5 Å². The number of benzene rings is 1. The number of halogens is 2. The number of hydrogen-bond acceptors (Lipinski definition) is 4. The summed E-state index contributed by atoms with van der Waals surface area (Å²) < 4.78 is 20.1. The summed E-state index contributed by atoms with van der Waals surface area (Å²) in [4.78, 5) is 18.7. The molecule has 0 saturated carbocycles. The highest BCUT2D eigenvalue weighted by atomic mass is 79.9. The Bertz CT molecular complexity index is 969. The second-order valence-corrected chi connectivity index (χ2v) is 6.54. The number of aromatic nitrogens is 1. The lowest BCUT2D eigenvalue weighted by atomic mass is 10.1. The molecule has 2 N–H and O–H groups in total. The van der Waals surface area contributed by atoms with Gasteiger partial charge in [0.05, 0.1) is 11.9 Å². The van der Waals surface area contributed by atoms with Gasteiger partial charge in [0.1, 0.15) is 11.5 Å². The zero-order chi connectivity index (χ0) is 17.6. The minimum atomic E-state index is -0.511. The molecule has 1 aromatic carbocycles. The zero-order valence-electron chi connectivity index (χ0n) is 13.0. The van der Waals surface area contributed by atoms with E-state index in [1.54, 1.807) is 24.3 Å². The number of fused-ring (bicyclic) bond motifs is 3. The summed E-state index contributed by atoms with van der Waals surface area (Å²) in [6.07, 6.45) is 1.69. The Balaban J connectivity index is 1.83. The summed E-state index contributed by atoms with van der Waals surface area (Å²) in [5.41, 5.74) is 8.49. The maximum atomic E-state index is 13.8. The number of anilines is 2. The Morgan fingerprint density at radius 3 is 2.80 bits per heavy atom. The van der Waals surface area contributed by atoms with Crippen LogP contribution in [-0.2, 0) is 6.42 Å². The fourth-order valence-corrected chi connectivity index (χ4v) is 3.37. The Labute approximate surface area is 151 Å². The van der Waals surface area contributed by atoms with Gasteiger partial charge >= 0.3 is 0 Å². The molecule has 2 aromatic heterocycles. The number of carbonyl (C=O) groups excluding carboxylic acids is 1. The van der Waals surface area contributed by atoms with Crippen LogP contribution in [0.5, 0.6) is 0 Å². The van der Waals surface area contributed by atoms with E-state index in [1.807, 2.05) is 6.07 Å². The number of nitrogens with two attached hydrogens (primary N) is 1. The maximum absolute atomic E-state index is 13.8. The average molecular weight is 402 g/mol. The van der Waals surface area contributed by atoms with Crippen LogP contribution in [0, 0.1) is 5.82 Å². The quantitative estimate of drug-likeness (QED) is 0.624. The van der Waals surface area contributed by atoms with Crippen LogP contribution >= 0.6 is 15.9 Å². The highest BCUT2D eigenvalue weighted by molar-refractivity contribution is 9.10. The number of rotatable bonds is 1. The van der Waals surface area contributed by atoms with Crippen LogP contribution in [0.2, 0.25) is 0 Å². The SMILES string of the molecule is Nc1ccc(C(=O)N2CCc3cc(Br)oc3-c3ncc(F)cc32)cc1. The van der Waals surface area contributed by atoms with Crippen molar-refractivity contribution in [2.45, 2.75) is 6.42 Å². The minimum Gasteiger partial charge on any atom is -0.447 e. The van der Waals surface area contributed by atoms with E-state index in [-0.39, 0.29) is 5.91 Å². The highest BCUT2D eigenvalue weighted by Crippen LogP contribution is 2.38. The van der Waals surface area contributed by atoms with Gasteiger partial charge in [0.15, 0.2) is 10.4 Å². The van der Waals surface area contributed by atoms with Crippen LogP contribution < -0.4 is 10.6 Å². The van der Waals surface area contributed by atoms with Crippen LogP contribution in [0.4, 0.5) is 15.8 Å². The first-order valence-corrected chi connectivity index (χ1v) is 8.44. The number of furan rings is 1. The second kappa shape index (κ2) is 6.00. The van der Waals surface area contributed by atoms with Gasteiger partial charge in [-0.15, -0.1) is 0 Å². The van der Waals surface area contributed by atoms with E-state index in [2.05, 4.69) is 20.9 Å². The summed E-state index contributed by atoms with van der Waals surface area (Å²) >= 11 is 3.31. The lowest BCUT2D eigenvalue weighted by Crippen LogP contribution is -2.32. The third-order valence-corrected chi connectivity index (χ3v) is 4.52. The first kappa shape index (κ1) is 15.8. The first-order chi connectivity index (χ1) is 12.0. The smallest absolute Gasteiger partial charge is 0.258 e. The fourth-order valence-electron chi connectivity index (χ4n) is 2.94. The molecule has 7 heteroatoms. The molecule has 4 rings (SSSR count). The molecule has 3 heterocycles. The van der Waals surface area contributed by atoms with Crippen molar-refractivity contribution >= 4 is 33.2 Å². The zero-order valence-corrected chi connectivity index (χ0v) is 14.6. The van der Waals surface area contributed by atoms with Gasteiger partial charge in [0.2, 0.25) is 0 Å². The van der Waals surface area contributed by atoms with Crippen molar-refractivity contribution in [1.29, 1.82) is 0 Å². The average Bonchev–Trinajstić information content (AvgIpc) is 2.89. The van der Waals surface area contributed by atoms with Crippen molar-refractivity contribution in [3.05, 3.63) is 64.2 Å². The number of pyridine rings is 1. The number of hydrogen-bond donors (Lipinski definition) is 1. The molecule has 1 aliphatic heterocycles. The Morgan fingerprint density at radius 2 is 2.04 bits per heavy atom. The fraction of sp³-hybridized carbons (Fsp3) is 0.111. The molecule has 0 atom stereocenters. The van der Waals surface area contributed by atoms with E-state index in [0.717, 1.165) is 11.8 Å². The van der Waals surface area contributed by atoms with Crippen molar-refractivity contribution in [2.24, 2.45) is 0 Å². The van der Waals surface area contributed by atoms with Gasteiger partial charge in [-0.25, -0.2) is 9.37 Å². The second-order valence-electron chi connectivity index (χ2n) is 5.75. The third kappa shape index (κ3) is 2.80. The molecule has 3 aromatic rings. The third-order valence-electron chi connectivity index (χ3n) is 4.13. The van der Waals surface area contributed by atoms with Gasteiger partial charge in [-0.2, -0.15) is 0 Å². The molecule has 126 valence electrons. The van der Waals surface area contributed by atoms with Crippen LogP contribution in [-0.4, -0.2) is 17.4 Å². The first-order valence-electron chi connectivity index (χ1n) is 7.64. The summed E-state index contributed by atoms with van der Waals surface area (Å²) in [5, 5.41) is 0. The molecule has 0 radical (unpaired) electrons. The predicted octanol–water partition coefficient (Wildman–Crippen LogP) is 4.03. The van der Waals surface area contributed by atoms with E-state index in [0.29, 0.717) is 46.0 Å². The van der Waals surface area contributed by atoms with Crippen LogP contribution in [0.15, 0.2) is 51.7 Å². The molecule has 1 aliphatic rings. The van der Waals surface area contributed by atoms with E-state index < -0.39 is 5.82 Å². The molecule has 0 saturated heterocycles. The normalized spacial score (nSPS) is 13.1. The van der Waals surface area contributed by atoms with E-state index in [4.69, 9.17) is 10.2 Å². The van der Waals surface area contributed by atoms with Crippen LogP contribution in [0.3, 0.4) is 0 Å². The van der Waals surface area contributed by atoms with E-state index >= 15 is 0 Å². The summed E-state index contributed by atoms with van der Waals surface area (Å²) in [7, 11) is 0. The number of nitrogens with zero attached hydrogens (tertiary/aromatic N) is 2. The summed E-state index contributed by atoms with van der Waals surface area (Å²) in [5.74, 6) is -0.199. The molecule has 0 bridgehead atoms. The van der Waals surface area contributed by atoms with Gasteiger partial charge in [0.25, 0.3) is 5.91 Å². The van der Waals surface area contributed by atoms with Gasteiger partial charge in [-0.1, -0.05) is 0 Å². The van der Waals surface area contributed by atoms with Crippen molar-refractivity contribution in [3.63, 3.8) is 0 Å². The van der Waals surface area contributed by atoms with Crippen molar-refractivity contribution in [3.8, 4) is 11.5 Å². The van der Waals surface area contributed by atoms with E-state index in [1.165, 1.54) is 11.0 Å². The van der Waals surface area contributed by atoms with Crippen LogP contribution in [0.1, 0.15) is 15.9 Å². The monoisotopic (exact) mass is 401 g/mol. The van der Waals surface area contributed by atoms with Crippen molar-refractivity contribution in [1.82, 2.24) is 4.98 Å². The molecule has 5 nitrogen and oxygen atoms in total. The molecule has 0 spiro atoms. The maximum Gasteiger partial charge on any atom is 0.258 e. The lowest BCUT2D eigenvalue weighted by Gasteiger charge is -2.22. The van der Waals surface area contributed by atoms with Crippen molar-refractivity contribution in [2.75, 3.05) is 17.2 Å². The largest absolute Gasteiger partial charge is 0.447 e. The van der Waals surface area contributed by atoms with Gasteiger partial charge < -0.3 is 15.1 Å². The summed E-state index contributed by atoms with van der Waals surface area (Å²) in [6.45, 7) is 0.389. The number of nitrogen functional groups attached to an aromatic ring is 1. The highest BCUT2D eigenvalue weighted by Gasteiger charge is 2.29. The van der Waals surface area contributed by atoms with Gasteiger partial charge in [-0.3, -0.25) is 4.79 Å². The topological polar surface area (TPSA) is 72.4 Å². The standard InChI is InChI=1S/C18H13BrFN3O2/c19-15-7-11-5-6-23(18(24)10-1-3-13(21)4-2-10)14-8-12(20)9-22-16(14)17(11)25-15/h1-4,7-9H,5-6,21H2. The molecule has 0 unspecified atom stereocenters. The Kier molecular flexibility index (Phi) is 3.80. The minimum absolute atomic E-state index is 0.238. The molecular weight excluding hydrogens is 389 g/mol. The van der Waals surface area contributed by atoms with E-state index in [9.17, 15) is 9.18 Å². The molecule has 0 fully saturated rings. The van der Waals surface area contributed by atoms with Gasteiger partial charge in [-0.05, 0) is 52.7 Å². The number of carbonyl (C=O) groups is 1. The molecular formula is C18H13BrFN3O2. The van der Waals surface area contributed by atoms with Crippen molar-refractivity contribution < 1.29 is 13.6 Å². The number of amides is 1. The Hall–Kier alpha value is -2.67. The van der Waals surface area contributed by atoms with Gasteiger partial charge in [0, 0.05) is 29.4 Å². The molecule has 25 heavy (non-hydrogen) atoms. The predicted molar refractivity (Wildman–Crippen MR) is 95.8 cm³/mol. The Morgan fingerprint density at radius 1 is 1.28 bits per heavy atom. The molecule has 0 aliphatic carbocycles. The summed E-state index contributed by atoms with van der Waals surface area (Å²) in [6, 6.07) is 9.80.